The van der Waals surface area contributed by atoms with Crippen LogP contribution in [0.4, 0.5) is 5.69 Å². The number of aliphatic hydroxyl groups excluding tert-OH is 1. The third-order valence-corrected chi connectivity index (χ3v) is 5.21. The topological polar surface area (TPSA) is 92.4 Å². The van der Waals surface area contributed by atoms with Crippen molar-refractivity contribution in [1.82, 2.24) is 0 Å². The summed E-state index contributed by atoms with van der Waals surface area (Å²) in [7, 11) is -3.69. The molecule has 0 unspecified atom stereocenters. The van der Waals surface area contributed by atoms with Gasteiger partial charge in [-0.3, -0.25) is 0 Å². The molecule has 2 atom stereocenters. The van der Waals surface area contributed by atoms with Crippen LogP contribution in [0.3, 0.4) is 0 Å². The summed E-state index contributed by atoms with van der Waals surface area (Å²) in [5, 5.41) is 18.6. The lowest BCUT2D eigenvalue weighted by atomic mass is 9.63. The second kappa shape index (κ2) is 5.83. The quantitative estimate of drug-likeness (QED) is 0.792. The van der Waals surface area contributed by atoms with Crippen LogP contribution in [-0.4, -0.2) is 26.2 Å². The minimum Gasteiger partial charge on any atom is -0.393 e. The van der Waals surface area contributed by atoms with Gasteiger partial charge in [-0.05, 0) is 48.3 Å². The summed E-state index contributed by atoms with van der Waals surface area (Å²) < 4.78 is 22.8. The summed E-state index contributed by atoms with van der Waals surface area (Å²) in [4.78, 5) is 0.103. The smallest absolute Gasteiger partial charge is 0.238 e. The summed E-state index contributed by atoms with van der Waals surface area (Å²) in [6.45, 7) is 7.19. The zero-order valence-electron chi connectivity index (χ0n) is 13.5. The third kappa shape index (κ3) is 4.44. The molecule has 4 N–H and O–H groups in total. The molecular formula is C16H26N2O3S. The van der Waals surface area contributed by atoms with Gasteiger partial charge in [0.05, 0.1) is 11.0 Å². The van der Waals surface area contributed by atoms with E-state index in [-0.39, 0.29) is 21.8 Å². The van der Waals surface area contributed by atoms with E-state index < -0.39 is 10.0 Å². The van der Waals surface area contributed by atoms with Crippen LogP contribution >= 0.6 is 0 Å². The van der Waals surface area contributed by atoms with Crippen molar-refractivity contribution < 1.29 is 13.5 Å². The highest BCUT2D eigenvalue weighted by Crippen LogP contribution is 2.46. The number of anilines is 1. The lowest BCUT2D eigenvalue weighted by molar-refractivity contribution is -0.00317. The Morgan fingerprint density at radius 2 is 2.00 bits per heavy atom. The highest BCUT2D eigenvalue weighted by molar-refractivity contribution is 7.89. The second-order valence-electron chi connectivity index (χ2n) is 7.64. The molecular weight excluding hydrogens is 300 g/mol. The molecule has 0 bridgehead atoms. The van der Waals surface area contributed by atoms with Crippen molar-refractivity contribution in [3.05, 3.63) is 24.3 Å². The van der Waals surface area contributed by atoms with Gasteiger partial charge < -0.3 is 10.4 Å². The van der Waals surface area contributed by atoms with Gasteiger partial charge >= 0.3 is 0 Å². The Hall–Kier alpha value is -1.11. The van der Waals surface area contributed by atoms with Gasteiger partial charge in [0.15, 0.2) is 0 Å². The van der Waals surface area contributed by atoms with Crippen LogP contribution in [0, 0.1) is 10.8 Å². The molecule has 0 aliphatic heterocycles. The van der Waals surface area contributed by atoms with Crippen LogP contribution in [-0.2, 0) is 10.0 Å². The summed E-state index contributed by atoms with van der Waals surface area (Å²) >= 11 is 0. The Morgan fingerprint density at radius 3 is 2.59 bits per heavy atom. The van der Waals surface area contributed by atoms with Crippen molar-refractivity contribution in [2.24, 2.45) is 16.0 Å². The molecule has 22 heavy (non-hydrogen) atoms. The lowest BCUT2D eigenvalue weighted by Gasteiger charge is -2.45. The van der Waals surface area contributed by atoms with Crippen molar-refractivity contribution in [2.45, 2.75) is 51.0 Å². The number of hydrogen-bond donors (Lipinski definition) is 3. The van der Waals surface area contributed by atoms with Crippen LogP contribution in [0.2, 0.25) is 0 Å². The molecule has 0 heterocycles. The Kier molecular flexibility index (Phi) is 4.57. The fraction of sp³-hybridized carbons (Fsp3) is 0.625. The fourth-order valence-corrected chi connectivity index (χ4v) is 4.37. The number of primary sulfonamides is 1. The molecule has 1 fully saturated rings. The van der Waals surface area contributed by atoms with Crippen molar-refractivity contribution in [1.29, 1.82) is 0 Å². The van der Waals surface area contributed by atoms with E-state index in [0.29, 0.717) is 6.54 Å². The molecule has 124 valence electrons. The molecule has 0 amide bonds. The SMILES string of the molecule is CC1(C)C[C@H](O)C[C@](C)(CNc2cccc(S(N)(=O)=O)c2)C1. The van der Waals surface area contributed by atoms with Crippen LogP contribution in [0.5, 0.6) is 0 Å². The van der Waals surface area contributed by atoms with Crippen LogP contribution in [0.15, 0.2) is 29.2 Å². The molecule has 2 rings (SSSR count). The molecule has 1 aromatic rings. The van der Waals surface area contributed by atoms with Gasteiger partial charge in [0.1, 0.15) is 0 Å². The first-order valence-electron chi connectivity index (χ1n) is 7.54. The van der Waals surface area contributed by atoms with Gasteiger partial charge in [0.25, 0.3) is 0 Å². The molecule has 0 spiro atoms. The molecule has 1 aliphatic carbocycles. The van der Waals surface area contributed by atoms with Gasteiger partial charge in [-0.2, -0.15) is 0 Å². The van der Waals surface area contributed by atoms with Crippen molar-refractivity contribution in [3.8, 4) is 0 Å². The zero-order valence-corrected chi connectivity index (χ0v) is 14.3. The molecule has 1 aromatic carbocycles. The zero-order chi connectivity index (χ0) is 16.6. The van der Waals surface area contributed by atoms with Gasteiger partial charge in [0.2, 0.25) is 10.0 Å². The standard InChI is InChI=1S/C16H26N2O3S/c1-15(2)8-13(19)9-16(3,10-15)11-18-12-5-4-6-14(7-12)22(17,20)21/h4-7,13,18-19H,8-11H2,1-3H3,(H2,17,20,21)/t13-,16-/m0/s1. The number of benzene rings is 1. The van der Waals surface area contributed by atoms with Crippen LogP contribution < -0.4 is 10.5 Å². The minimum atomic E-state index is -3.69. The average Bonchev–Trinajstić information content (AvgIpc) is 2.33. The molecule has 0 saturated heterocycles. The summed E-state index contributed by atoms with van der Waals surface area (Å²) in [5.41, 5.74) is 0.806. The van der Waals surface area contributed by atoms with E-state index in [2.05, 4.69) is 26.1 Å². The molecule has 6 heteroatoms. The van der Waals surface area contributed by atoms with Gasteiger partial charge in [-0.25, -0.2) is 13.6 Å². The van der Waals surface area contributed by atoms with Crippen molar-refractivity contribution >= 4 is 15.7 Å². The predicted octanol–water partition coefficient (Wildman–Crippen LogP) is 2.32. The number of nitrogens with two attached hydrogens (primary N) is 1. The minimum absolute atomic E-state index is 0.0290. The number of sulfonamides is 1. The lowest BCUT2D eigenvalue weighted by Crippen LogP contribution is -2.42. The number of hydrogen-bond acceptors (Lipinski definition) is 4. The van der Waals surface area contributed by atoms with E-state index in [1.807, 2.05) is 6.07 Å². The maximum absolute atomic E-state index is 11.4. The first-order valence-corrected chi connectivity index (χ1v) is 9.09. The van der Waals surface area contributed by atoms with E-state index in [1.54, 1.807) is 12.1 Å². The normalized spacial score (nSPS) is 28.3. The van der Waals surface area contributed by atoms with Crippen molar-refractivity contribution in [3.63, 3.8) is 0 Å². The van der Waals surface area contributed by atoms with Gasteiger partial charge in [-0.15, -0.1) is 0 Å². The molecule has 5 nitrogen and oxygen atoms in total. The summed E-state index contributed by atoms with van der Waals surface area (Å²) in [6.07, 6.45) is 2.30. The third-order valence-electron chi connectivity index (χ3n) is 4.30. The highest BCUT2D eigenvalue weighted by Gasteiger charge is 2.40. The first-order chi connectivity index (χ1) is 9.99. The monoisotopic (exact) mass is 326 g/mol. The maximum Gasteiger partial charge on any atom is 0.238 e. The largest absolute Gasteiger partial charge is 0.393 e. The highest BCUT2D eigenvalue weighted by atomic mass is 32.2. The Balaban J connectivity index is 2.09. The Morgan fingerprint density at radius 1 is 1.32 bits per heavy atom. The average molecular weight is 326 g/mol. The number of aliphatic hydroxyl groups is 1. The second-order valence-corrected chi connectivity index (χ2v) is 9.20. The molecule has 0 radical (unpaired) electrons. The van der Waals surface area contributed by atoms with E-state index in [4.69, 9.17) is 5.14 Å². The van der Waals surface area contributed by atoms with Crippen LogP contribution in [0.1, 0.15) is 40.0 Å². The number of rotatable bonds is 4. The van der Waals surface area contributed by atoms with Crippen molar-refractivity contribution in [2.75, 3.05) is 11.9 Å². The van der Waals surface area contributed by atoms with Gasteiger partial charge in [0, 0.05) is 12.2 Å². The first kappa shape index (κ1) is 17.2. The van der Waals surface area contributed by atoms with E-state index in [0.717, 1.165) is 24.9 Å². The van der Waals surface area contributed by atoms with E-state index in [1.165, 1.54) is 6.07 Å². The Bertz CT molecular complexity index is 643. The fourth-order valence-electron chi connectivity index (χ4n) is 3.81. The maximum atomic E-state index is 11.4. The molecule has 1 aliphatic rings. The van der Waals surface area contributed by atoms with E-state index >= 15 is 0 Å². The number of nitrogens with one attached hydrogen (secondary N) is 1. The predicted molar refractivity (Wildman–Crippen MR) is 88.1 cm³/mol. The summed E-state index contributed by atoms with van der Waals surface area (Å²) in [6, 6.07) is 6.52. The van der Waals surface area contributed by atoms with E-state index in [9.17, 15) is 13.5 Å². The van der Waals surface area contributed by atoms with Gasteiger partial charge in [-0.1, -0.05) is 26.8 Å². The van der Waals surface area contributed by atoms with Crippen LogP contribution in [0.25, 0.3) is 0 Å². The summed E-state index contributed by atoms with van der Waals surface area (Å²) in [5.74, 6) is 0. The molecule has 1 saturated carbocycles. The Labute approximate surface area is 133 Å². The molecule has 0 aromatic heterocycles.